The fraction of sp³-hybridized carbons (Fsp3) is 0.632. The molecule has 4 nitrogen and oxygen atoms in total. The predicted octanol–water partition coefficient (Wildman–Crippen LogP) is 2.54. The number of nitrogens with one attached hydrogen (secondary N) is 2. The van der Waals surface area contributed by atoms with E-state index in [0.29, 0.717) is 12.3 Å². The van der Waals surface area contributed by atoms with E-state index in [2.05, 4.69) is 48.7 Å². The number of rotatable bonds is 4. The van der Waals surface area contributed by atoms with Gasteiger partial charge in [0.25, 0.3) is 0 Å². The Morgan fingerprint density at radius 2 is 2.04 bits per heavy atom. The lowest BCUT2D eigenvalue weighted by Crippen LogP contribution is -2.49. The van der Waals surface area contributed by atoms with Gasteiger partial charge in [-0.2, -0.15) is 0 Å². The number of carbonyl (C=O) groups excluding carboxylic acids is 1. The molecule has 1 aliphatic carbocycles. The summed E-state index contributed by atoms with van der Waals surface area (Å²) in [5.74, 6) is 0.480. The Labute approximate surface area is 139 Å². The molecule has 0 aromatic heterocycles. The van der Waals surface area contributed by atoms with Gasteiger partial charge in [0.2, 0.25) is 5.91 Å². The van der Waals surface area contributed by atoms with Gasteiger partial charge < -0.3 is 15.4 Å². The second kappa shape index (κ2) is 6.62. The lowest BCUT2D eigenvalue weighted by Gasteiger charge is -2.40. The van der Waals surface area contributed by atoms with E-state index < -0.39 is 0 Å². The maximum atomic E-state index is 12.4. The molecule has 1 spiro atoms. The molecule has 23 heavy (non-hydrogen) atoms. The van der Waals surface area contributed by atoms with Gasteiger partial charge in [0.15, 0.2) is 0 Å². The van der Waals surface area contributed by atoms with Crippen LogP contribution in [0, 0.1) is 5.92 Å². The number of carbonyl (C=O) groups is 1. The Morgan fingerprint density at radius 1 is 1.35 bits per heavy atom. The highest BCUT2D eigenvalue weighted by Crippen LogP contribution is 2.51. The lowest BCUT2D eigenvalue weighted by atomic mass is 9.72. The first-order valence-corrected chi connectivity index (χ1v) is 8.71. The van der Waals surface area contributed by atoms with Gasteiger partial charge in [-0.15, -0.1) is 0 Å². The SMILES string of the molecule is CO[C@H]1[C@H](NC(=O)CC(C)C)c2ccccc2C12CCNCC2. The van der Waals surface area contributed by atoms with Crippen molar-refractivity contribution in [1.82, 2.24) is 10.6 Å². The number of piperidine rings is 1. The number of ether oxygens (including phenoxy) is 1. The smallest absolute Gasteiger partial charge is 0.220 e. The summed E-state index contributed by atoms with van der Waals surface area (Å²) in [5.41, 5.74) is 2.62. The molecule has 126 valence electrons. The van der Waals surface area contributed by atoms with Gasteiger partial charge in [-0.3, -0.25) is 4.79 Å². The number of methoxy groups -OCH3 is 1. The van der Waals surface area contributed by atoms with E-state index in [0.717, 1.165) is 25.9 Å². The summed E-state index contributed by atoms with van der Waals surface area (Å²) in [7, 11) is 1.78. The zero-order chi connectivity index (χ0) is 16.4. The molecule has 0 radical (unpaired) electrons. The minimum absolute atomic E-state index is 0.0121. The van der Waals surface area contributed by atoms with E-state index in [9.17, 15) is 4.79 Å². The summed E-state index contributed by atoms with van der Waals surface area (Å²) in [6, 6.07) is 8.50. The molecule has 1 aliphatic heterocycles. The molecule has 1 heterocycles. The van der Waals surface area contributed by atoms with Gasteiger partial charge in [0.05, 0.1) is 12.1 Å². The maximum absolute atomic E-state index is 12.4. The van der Waals surface area contributed by atoms with Crippen LogP contribution in [0.3, 0.4) is 0 Å². The summed E-state index contributed by atoms with van der Waals surface area (Å²) < 4.78 is 5.96. The molecule has 2 N–H and O–H groups in total. The summed E-state index contributed by atoms with van der Waals surface area (Å²) >= 11 is 0. The first-order valence-electron chi connectivity index (χ1n) is 8.71. The molecular weight excluding hydrogens is 288 g/mol. The van der Waals surface area contributed by atoms with Crippen molar-refractivity contribution in [2.75, 3.05) is 20.2 Å². The molecule has 1 aromatic carbocycles. The van der Waals surface area contributed by atoms with E-state index in [1.165, 1.54) is 11.1 Å². The molecule has 0 saturated carbocycles. The molecule has 0 unspecified atom stereocenters. The summed E-state index contributed by atoms with van der Waals surface area (Å²) in [6.45, 7) is 6.15. The highest BCUT2D eigenvalue weighted by Gasteiger charge is 2.53. The Kier molecular flexibility index (Phi) is 4.74. The van der Waals surface area contributed by atoms with E-state index in [1.54, 1.807) is 7.11 Å². The Morgan fingerprint density at radius 3 is 2.70 bits per heavy atom. The molecule has 4 heteroatoms. The van der Waals surface area contributed by atoms with Crippen molar-refractivity contribution in [3.8, 4) is 0 Å². The van der Waals surface area contributed by atoms with Gasteiger partial charge in [0, 0.05) is 18.9 Å². The molecule has 1 fully saturated rings. The highest BCUT2D eigenvalue weighted by atomic mass is 16.5. The van der Waals surface area contributed by atoms with Crippen LogP contribution in [0.15, 0.2) is 24.3 Å². The third-order valence-corrected chi connectivity index (χ3v) is 5.34. The minimum Gasteiger partial charge on any atom is -0.378 e. The van der Waals surface area contributed by atoms with Crippen molar-refractivity contribution in [3.63, 3.8) is 0 Å². The molecule has 0 bridgehead atoms. The number of hydrogen-bond acceptors (Lipinski definition) is 3. The van der Waals surface area contributed by atoms with Gasteiger partial charge in [-0.1, -0.05) is 38.1 Å². The Hall–Kier alpha value is -1.39. The Bertz CT molecular complexity index is 564. The number of hydrogen-bond donors (Lipinski definition) is 2. The lowest BCUT2D eigenvalue weighted by molar-refractivity contribution is -0.124. The monoisotopic (exact) mass is 316 g/mol. The topological polar surface area (TPSA) is 50.4 Å². The van der Waals surface area contributed by atoms with Crippen molar-refractivity contribution in [1.29, 1.82) is 0 Å². The average molecular weight is 316 g/mol. The van der Waals surface area contributed by atoms with Crippen LogP contribution in [0.4, 0.5) is 0 Å². The first-order chi connectivity index (χ1) is 11.1. The molecule has 1 aromatic rings. The van der Waals surface area contributed by atoms with E-state index in [-0.39, 0.29) is 23.5 Å². The second-order valence-corrected chi connectivity index (χ2v) is 7.29. The zero-order valence-corrected chi connectivity index (χ0v) is 14.4. The normalized spacial score (nSPS) is 25.6. The third kappa shape index (κ3) is 2.90. The van der Waals surface area contributed by atoms with Gasteiger partial charge in [-0.25, -0.2) is 0 Å². The highest BCUT2D eigenvalue weighted by molar-refractivity contribution is 5.77. The van der Waals surface area contributed by atoms with Crippen LogP contribution in [0.1, 0.15) is 50.3 Å². The summed E-state index contributed by atoms with van der Waals surface area (Å²) in [5, 5.41) is 6.70. The number of benzene rings is 1. The molecule has 1 saturated heterocycles. The molecule has 3 rings (SSSR count). The van der Waals surface area contributed by atoms with Crippen LogP contribution in [-0.2, 0) is 14.9 Å². The van der Waals surface area contributed by atoms with Crippen molar-refractivity contribution in [2.45, 2.75) is 50.7 Å². The van der Waals surface area contributed by atoms with Gasteiger partial charge >= 0.3 is 0 Å². The quantitative estimate of drug-likeness (QED) is 0.897. The van der Waals surface area contributed by atoms with Gasteiger partial charge in [0.1, 0.15) is 0 Å². The standard InChI is InChI=1S/C19H28N2O2/c1-13(2)12-16(22)21-17-14-6-4-5-7-15(14)19(18(17)23-3)8-10-20-11-9-19/h4-7,13,17-18,20H,8-12H2,1-3H3,(H,21,22)/t17-,18+/m1/s1. The largest absolute Gasteiger partial charge is 0.378 e. The van der Waals surface area contributed by atoms with Crippen LogP contribution in [0.25, 0.3) is 0 Å². The second-order valence-electron chi connectivity index (χ2n) is 7.29. The first kappa shape index (κ1) is 16.5. The number of fused-ring (bicyclic) bond motifs is 2. The Balaban J connectivity index is 1.94. The van der Waals surface area contributed by atoms with Crippen LogP contribution < -0.4 is 10.6 Å². The van der Waals surface area contributed by atoms with Crippen molar-refractivity contribution in [2.24, 2.45) is 5.92 Å². The van der Waals surface area contributed by atoms with Crippen LogP contribution >= 0.6 is 0 Å². The van der Waals surface area contributed by atoms with Crippen molar-refractivity contribution >= 4 is 5.91 Å². The summed E-state index contributed by atoms with van der Waals surface area (Å²) in [6.07, 6.45) is 2.68. The zero-order valence-electron chi connectivity index (χ0n) is 14.4. The van der Waals surface area contributed by atoms with Crippen molar-refractivity contribution in [3.05, 3.63) is 35.4 Å². The molecule has 2 aliphatic rings. The van der Waals surface area contributed by atoms with E-state index in [1.807, 2.05) is 0 Å². The summed E-state index contributed by atoms with van der Waals surface area (Å²) in [4.78, 5) is 12.4. The fourth-order valence-corrected chi connectivity index (χ4v) is 4.40. The molecular formula is C19H28N2O2. The van der Waals surface area contributed by atoms with Crippen LogP contribution in [0.2, 0.25) is 0 Å². The number of amides is 1. The predicted molar refractivity (Wildman–Crippen MR) is 91.4 cm³/mol. The van der Waals surface area contributed by atoms with E-state index >= 15 is 0 Å². The average Bonchev–Trinajstić information content (AvgIpc) is 2.77. The maximum Gasteiger partial charge on any atom is 0.220 e. The van der Waals surface area contributed by atoms with Crippen molar-refractivity contribution < 1.29 is 9.53 Å². The van der Waals surface area contributed by atoms with Crippen LogP contribution in [-0.4, -0.2) is 32.2 Å². The van der Waals surface area contributed by atoms with Crippen LogP contribution in [0.5, 0.6) is 0 Å². The third-order valence-electron chi connectivity index (χ3n) is 5.34. The van der Waals surface area contributed by atoms with Gasteiger partial charge in [-0.05, 0) is 43.0 Å². The van der Waals surface area contributed by atoms with E-state index in [4.69, 9.17) is 4.74 Å². The fourth-order valence-electron chi connectivity index (χ4n) is 4.40. The molecule has 2 atom stereocenters. The molecule has 1 amide bonds. The minimum atomic E-state index is -0.0412.